The number of fused-ring (bicyclic) bond motifs is 2. The number of pyridine rings is 2. The zero-order valence-electron chi connectivity index (χ0n) is 15.0. The van der Waals surface area contributed by atoms with Gasteiger partial charge in [0.05, 0.1) is 35.6 Å². The molecule has 0 atom stereocenters. The Morgan fingerprint density at radius 3 is 1.63 bits per heavy atom. The molecule has 0 radical (unpaired) electrons. The van der Waals surface area contributed by atoms with Crippen molar-refractivity contribution >= 4 is 27.8 Å². The molecule has 0 unspecified atom stereocenters. The maximum atomic E-state index is 9.00. The fraction of sp³-hybridized carbons (Fsp3) is 0.136. The first-order valence-electron chi connectivity index (χ1n) is 8.58. The summed E-state index contributed by atoms with van der Waals surface area (Å²) >= 11 is 0. The number of aliphatic carboxylic acids is 1. The van der Waals surface area contributed by atoms with Crippen molar-refractivity contribution in [2.45, 2.75) is 20.1 Å². The number of hydrogen-bond donors (Lipinski definition) is 1. The molecule has 27 heavy (non-hydrogen) atoms. The first-order valence-corrected chi connectivity index (χ1v) is 8.58. The monoisotopic (exact) mass is 360 g/mol. The van der Waals surface area contributed by atoms with Gasteiger partial charge in [0.15, 0.2) is 0 Å². The molecular weight excluding hydrogens is 340 g/mol. The van der Waals surface area contributed by atoms with E-state index in [1.807, 2.05) is 48.5 Å². The van der Waals surface area contributed by atoms with E-state index < -0.39 is 5.97 Å². The molecule has 5 nitrogen and oxygen atoms in total. The SMILES string of the molecule is CC(=O)O.c1ccc2nc(COCc3ccc4ccccc4n3)ccc2c1. The van der Waals surface area contributed by atoms with E-state index in [1.54, 1.807) is 0 Å². The van der Waals surface area contributed by atoms with Crippen molar-refractivity contribution in [1.29, 1.82) is 0 Å². The summed E-state index contributed by atoms with van der Waals surface area (Å²) in [6, 6.07) is 24.4. The Bertz CT molecular complexity index is 980. The zero-order chi connectivity index (χ0) is 19.1. The van der Waals surface area contributed by atoms with E-state index in [2.05, 4.69) is 34.2 Å². The van der Waals surface area contributed by atoms with E-state index in [1.165, 1.54) is 0 Å². The molecule has 0 saturated heterocycles. The second-order valence-corrected chi connectivity index (χ2v) is 6.00. The molecule has 0 saturated carbocycles. The fourth-order valence-corrected chi connectivity index (χ4v) is 2.64. The molecule has 0 aliphatic heterocycles. The molecular formula is C22H20N2O3. The number of benzene rings is 2. The lowest BCUT2D eigenvalue weighted by Crippen LogP contribution is -1.98. The Kier molecular flexibility index (Phi) is 6.07. The number of ether oxygens (including phenoxy) is 1. The smallest absolute Gasteiger partial charge is 0.300 e. The Hall–Kier alpha value is -3.31. The van der Waals surface area contributed by atoms with Crippen LogP contribution in [0.4, 0.5) is 0 Å². The van der Waals surface area contributed by atoms with Gasteiger partial charge in [0.25, 0.3) is 5.97 Å². The van der Waals surface area contributed by atoms with E-state index in [-0.39, 0.29) is 0 Å². The summed E-state index contributed by atoms with van der Waals surface area (Å²) < 4.78 is 5.78. The summed E-state index contributed by atoms with van der Waals surface area (Å²) in [5, 5.41) is 9.71. The minimum absolute atomic E-state index is 0.485. The molecule has 0 spiro atoms. The molecule has 5 heteroatoms. The minimum Gasteiger partial charge on any atom is -0.481 e. The first kappa shape index (κ1) is 18.5. The van der Waals surface area contributed by atoms with Crippen molar-refractivity contribution in [1.82, 2.24) is 9.97 Å². The van der Waals surface area contributed by atoms with Crippen LogP contribution in [0.1, 0.15) is 18.3 Å². The Morgan fingerprint density at radius 2 is 1.19 bits per heavy atom. The van der Waals surface area contributed by atoms with Crippen molar-refractivity contribution in [3.8, 4) is 0 Å². The largest absolute Gasteiger partial charge is 0.481 e. The summed E-state index contributed by atoms with van der Waals surface area (Å²) in [5.74, 6) is -0.833. The molecule has 0 aliphatic rings. The van der Waals surface area contributed by atoms with Gasteiger partial charge in [0.1, 0.15) is 0 Å². The Labute approximate surface area is 157 Å². The van der Waals surface area contributed by atoms with Crippen LogP contribution in [0.5, 0.6) is 0 Å². The third-order valence-electron chi connectivity index (χ3n) is 3.81. The van der Waals surface area contributed by atoms with Crippen molar-refractivity contribution in [2.75, 3.05) is 0 Å². The molecule has 4 aromatic rings. The van der Waals surface area contributed by atoms with Gasteiger partial charge in [-0.15, -0.1) is 0 Å². The maximum Gasteiger partial charge on any atom is 0.300 e. The van der Waals surface area contributed by atoms with Crippen LogP contribution in [-0.2, 0) is 22.7 Å². The molecule has 4 rings (SSSR count). The van der Waals surface area contributed by atoms with Gasteiger partial charge in [-0.2, -0.15) is 0 Å². The van der Waals surface area contributed by atoms with E-state index in [4.69, 9.17) is 14.6 Å². The molecule has 2 heterocycles. The number of rotatable bonds is 4. The van der Waals surface area contributed by atoms with Crippen LogP contribution < -0.4 is 0 Å². The van der Waals surface area contributed by atoms with Crippen molar-refractivity contribution in [2.24, 2.45) is 0 Å². The molecule has 136 valence electrons. The predicted molar refractivity (Wildman–Crippen MR) is 105 cm³/mol. The summed E-state index contributed by atoms with van der Waals surface area (Å²) in [7, 11) is 0. The van der Waals surface area contributed by atoms with Crippen LogP contribution in [-0.4, -0.2) is 21.0 Å². The van der Waals surface area contributed by atoms with Crippen molar-refractivity contribution < 1.29 is 14.6 Å². The van der Waals surface area contributed by atoms with Gasteiger partial charge in [-0.1, -0.05) is 48.5 Å². The Morgan fingerprint density at radius 1 is 0.778 bits per heavy atom. The minimum atomic E-state index is -0.833. The topological polar surface area (TPSA) is 72.3 Å². The molecule has 2 aromatic heterocycles. The molecule has 1 N–H and O–H groups in total. The number of hydrogen-bond acceptors (Lipinski definition) is 4. The standard InChI is InChI=1S/C20H16N2O.C2H4O2/c1-3-7-19-15(5-1)9-11-17(21-19)13-23-14-18-12-10-16-6-2-4-8-20(16)22-18;1-2(3)4/h1-12H,13-14H2;1H3,(H,3,4). The van der Waals surface area contributed by atoms with Crippen LogP contribution in [0, 0.1) is 0 Å². The van der Waals surface area contributed by atoms with Gasteiger partial charge in [-0.25, -0.2) is 0 Å². The third kappa shape index (κ3) is 5.33. The maximum absolute atomic E-state index is 9.00. The number of aromatic nitrogens is 2. The van der Waals surface area contributed by atoms with Gasteiger partial charge in [-0.05, 0) is 24.3 Å². The molecule has 0 amide bonds. The number of nitrogens with zero attached hydrogens (tertiary/aromatic N) is 2. The normalized spacial score (nSPS) is 10.4. The van der Waals surface area contributed by atoms with Gasteiger partial charge < -0.3 is 9.84 Å². The van der Waals surface area contributed by atoms with Gasteiger partial charge in [-0.3, -0.25) is 14.8 Å². The molecule has 0 aliphatic carbocycles. The predicted octanol–water partition coefficient (Wildman–Crippen LogP) is 4.59. The molecule has 0 fully saturated rings. The highest BCUT2D eigenvalue weighted by Gasteiger charge is 2.01. The number of carboxylic acid groups (broad SMARTS) is 1. The average Bonchev–Trinajstić information content (AvgIpc) is 2.67. The number of para-hydroxylation sites is 2. The van der Waals surface area contributed by atoms with Crippen LogP contribution in [0.25, 0.3) is 21.8 Å². The van der Waals surface area contributed by atoms with E-state index in [9.17, 15) is 0 Å². The van der Waals surface area contributed by atoms with Gasteiger partial charge in [0.2, 0.25) is 0 Å². The number of carbonyl (C=O) groups is 1. The third-order valence-corrected chi connectivity index (χ3v) is 3.81. The van der Waals surface area contributed by atoms with E-state index in [0.717, 1.165) is 40.1 Å². The number of carboxylic acids is 1. The fourth-order valence-electron chi connectivity index (χ4n) is 2.64. The van der Waals surface area contributed by atoms with E-state index in [0.29, 0.717) is 13.2 Å². The van der Waals surface area contributed by atoms with Gasteiger partial charge in [0, 0.05) is 17.7 Å². The van der Waals surface area contributed by atoms with Crippen LogP contribution in [0.3, 0.4) is 0 Å². The molecule has 0 bridgehead atoms. The van der Waals surface area contributed by atoms with Crippen molar-refractivity contribution in [3.05, 3.63) is 84.2 Å². The van der Waals surface area contributed by atoms with Crippen LogP contribution >= 0.6 is 0 Å². The second-order valence-electron chi connectivity index (χ2n) is 6.00. The highest BCUT2D eigenvalue weighted by molar-refractivity contribution is 5.79. The van der Waals surface area contributed by atoms with Crippen LogP contribution in [0.15, 0.2) is 72.8 Å². The Balaban J connectivity index is 0.000000481. The zero-order valence-corrected chi connectivity index (χ0v) is 15.0. The first-order chi connectivity index (χ1) is 13.1. The second kappa shape index (κ2) is 8.87. The highest BCUT2D eigenvalue weighted by atomic mass is 16.5. The summed E-state index contributed by atoms with van der Waals surface area (Å²) in [6.07, 6.45) is 0. The summed E-state index contributed by atoms with van der Waals surface area (Å²) in [6.45, 7) is 2.05. The lowest BCUT2D eigenvalue weighted by Gasteiger charge is -2.06. The average molecular weight is 360 g/mol. The quantitative estimate of drug-likeness (QED) is 0.576. The highest BCUT2D eigenvalue weighted by Crippen LogP contribution is 2.14. The summed E-state index contributed by atoms with van der Waals surface area (Å²) in [4.78, 5) is 18.2. The van der Waals surface area contributed by atoms with Gasteiger partial charge >= 0.3 is 0 Å². The molecule has 2 aromatic carbocycles. The lowest BCUT2D eigenvalue weighted by atomic mass is 10.2. The van der Waals surface area contributed by atoms with Crippen molar-refractivity contribution in [3.63, 3.8) is 0 Å². The lowest BCUT2D eigenvalue weighted by molar-refractivity contribution is -0.134. The summed E-state index contributed by atoms with van der Waals surface area (Å²) in [5.41, 5.74) is 3.86. The van der Waals surface area contributed by atoms with E-state index >= 15 is 0 Å². The van der Waals surface area contributed by atoms with Crippen LogP contribution in [0.2, 0.25) is 0 Å².